The van der Waals surface area contributed by atoms with Crippen molar-refractivity contribution >= 4 is 46.4 Å². The predicted molar refractivity (Wildman–Crippen MR) is 42.0 cm³/mol. The van der Waals surface area contributed by atoms with E-state index in [9.17, 15) is 0 Å². The molecule has 0 aliphatic rings. The number of allylic oxidation sites excluding steroid dienone is 1. The second-order valence-electron chi connectivity index (χ2n) is 0.762. The van der Waals surface area contributed by atoms with Crippen LogP contribution in [0.5, 0.6) is 0 Å². The van der Waals surface area contributed by atoms with Crippen LogP contribution in [0.1, 0.15) is 0 Å². The Balaban J connectivity index is 0. The van der Waals surface area contributed by atoms with Crippen molar-refractivity contribution in [1.29, 1.82) is 5.26 Å². The van der Waals surface area contributed by atoms with Crippen molar-refractivity contribution in [2.45, 2.75) is 3.25 Å². The SMILES string of the molecule is C=CC#N.ClC(Cl)(Cl)Cl. The Labute approximate surface area is 73.8 Å². The van der Waals surface area contributed by atoms with E-state index in [1.807, 2.05) is 0 Å². The molecular weight excluding hydrogens is 204 g/mol. The Morgan fingerprint density at radius 3 is 1.44 bits per heavy atom. The van der Waals surface area contributed by atoms with Crippen LogP contribution in [0, 0.1) is 11.3 Å². The second kappa shape index (κ2) is 6.51. The summed E-state index contributed by atoms with van der Waals surface area (Å²) in [6.07, 6.45) is 1.18. The van der Waals surface area contributed by atoms with Gasteiger partial charge in [0.15, 0.2) is 0 Å². The van der Waals surface area contributed by atoms with Crippen LogP contribution in [-0.2, 0) is 0 Å². The Morgan fingerprint density at radius 2 is 1.44 bits per heavy atom. The molecule has 0 bridgehead atoms. The van der Waals surface area contributed by atoms with Gasteiger partial charge >= 0.3 is 0 Å². The van der Waals surface area contributed by atoms with Crippen molar-refractivity contribution in [2.24, 2.45) is 0 Å². The third-order valence-corrected chi connectivity index (χ3v) is 0.0913. The number of alkyl halides is 4. The van der Waals surface area contributed by atoms with Gasteiger partial charge in [-0.25, -0.2) is 0 Å². The molecule has 0 aromatic rings. The zero-order valence-corrected chi connectivity index (χ0v) is 7.27. The highest BCUT2D eigenvalue weighted by atomic mass is 35.6. The van der Waals surface area contributed by atoms with Crippen molar-refractivity contribution < 1.29 is 0 Å². The molecule has 9 heavy (non-hydrogen) atoms. The molecule has 0 saturated heterocycles. The van der Waals surface area contributed by atoms with Crippen LogP contribution >= 0.6 is 46.4 Å². The second-order valence-corrected chi connectivity index (χ2v) is 4.19. The van der Waals surface area contributed by atoms with E-state index in [0.29, 0.717) is 0 Å². The van der Waals surface area contributed by atoms with Gasteiger partial charge in [0.25, 0.3) is 3.25 Å². The number of rotatable bonds is 0. The molecule has 0 spiro atoms. The molecule has 0 aliphatic carbocycles. The smallest absolute Gasteiger partial charge is 0.193 e. The lowest BCUT2D eigenvalue weighted by molar-refractivity contribution is 1.54. The number of nitriles is 1. The fraction of sp³-hybridized carbons (Fsp3) is 0.250. The topological polar surface area (TPSA) is 23.8 Å². The first-order valence-electron chi connectivity index (χ1n) is 1.68. The Morgan fingerprint density at radius 1 is 1.33 bits per heavy atom. The van der Waals surface area contributed by atoms with E-state index in [1.165, 1.54) is 6.08 Å². The average molecular weight is 207 g/mol. The summed E-state index contributed by atoms with van der Waals surface area (Å²) in [6.45, 7) is 3.12. The van der Waals surface area contributed by atoms with Crippen LogP contribution in [0.25, 0.3) is 0 Å². The molecule has 0 fully saturated rings. The molecule has 52 valence electrons. The number of hydrogen-bond acceptors (Lipinski definition) is 1. The summed E-state index contributed by atoms with van der Waals surface area (Å²) in [7, 11) is 0. The van der Waals surface area contributed by atoms with Gasteiger partial charge in [-0.1, -0.05) is 53.0 Å². The van der Waals surface area contributed by atoms with Crippen molar-refractivity contribution in [2.75, 3.05) is 0 Å². The molecule has 0 saturated carbocycles. The van der Waals surface area contributed by atoms with E-state index in [4.69, 9.17) is 51.7 Å². The lowest BCUT2D eigenvalue weighted by atomic mass is 10.8. The minimum absolute atomic E-state index is 1.18. The molecular formula is C4H3Cl4N. The largest absolute Gasteiger partial charge is 0.266 e. The molecule has 1 nitrogen and oxygen atoms in total. The van der Waals surface area contributed by atoms with Gasteiger partial charge in [0.05, 0.1) is 6.07 Å². The molecule has 0 N–H and O–H groups in total. The molecule has 0 rings (SSSR count). The molecule has 0 radical (unpaired) electrons. The maximum absolute atomic E-state index is 7.51. The first-order chi connectivity index (χ1) is 3.91. The van der Waals surface area contributed by atoms with Crippen molar-refractivity contribution in [3.63, 3.8) is 0 Å². The highest BCUT2D eigenvalue weighted by Crippen LogP contribution is 2.29. The zero-order chi connectivity index (χ0) is 7.91. The van der Waals surface area contributed by atoms with Gasteiger partial charge in [0, 0.05) is 6.08 Å². The summed E-state index contributed by atoms with van der Waals surface area (Å²) >= 11 is 19.3. The summed E-state index contributed by atoms with van der Waals surface area (Å²) < 4.78 is -1.61. The normalized spacial score (nSPS) is 8.33. The van der Waals surface area contributed by atoms with Gasteiger partial charge in [-0.3, -0.25) is 0 Å². The van der Waals surface area contributed by atoms with Crippen molar-refractivity contribution in [1.82, 2.24) is 0 Å². The fourth-order valence-corrected chi connectivity index (χ4v) is 0. The van der Waals surface area contributed by atoms with Gasteiger partial charge in [-0.2, -0.15) is 5.26 Å². The molecule has 0 unspecified atom stereocenters. The quantitative estimate of drug-likeness (QED) is 0.441. The zero-order valence-electron chi connectivity index (χ0n) is 4.24. The summed E-state index contributed by atoms with van der Waals surface area (Å²) in [5, 5.41) is 7.51. The summed E-state index contributed by atoms with van der Waals surface area (Å²) in [5.74, 6) is 0. The third-order valence-electron chi connectivity index (χ3n) is 0.0913. The van der Waals surface area contributed by atoms with E-state index in [0.717, 1.165) is 0 Å². The monoisotopic (exact) mass is 205 g/mol. The first-order valence-corrected chi connectivity index (χ1v) is 3.19. The van der Waals surface area contributed by atoms with Crippen LogP contribution in [0.2, 0.25) is 0 Å². The van der Waals surface area contributed by atoms with E-state index in [1.54, 1.807) is 6.07 Å². The fourth-order valence-electron chi connectivity index (χ4n) is 0. The van der Waals surface area contributed by atoms with Gasteiger partial charge in [-0.05, 0) is 0 Å². The summed E-state index contributed by atoms with van der Waals surface area (Å²) in [5.41, 5.74) is 0. The average Bonchev–Trinajstić information content (AvgIpc) is 1.61. The van der Waals surface area contributed by atoms with Gasteiger partial charge in [-0.15, -0.1) is 0 Å². The highest BCUT2D eigenvalue weighted by Gasteiger charge is 2.11. The lowest BCUT2D eigenvalue weighted by Crippen LogP contribution is -1.81. The maximum Gasteiger partial charge on any atom is 0.266 e. The van der Waals surface area contributed by atoms with E-state index >= 15 is 0 Å². The Bertz CT molecular complexity index is 103. The molecule has 0 heterocycles. The molecule has 0 aromatic carbocycles. The number of halogens is 4. The van der Waals surface area contributed by atoms with Crippen LogP contribution in [0.15, 0.2) is 12.7 Å². The van der Waals surface area contributed by atoms with E-state index < -0.39 is 3.25 Å². The first kappa shape index (κ1) is 12.1. The van der Waals surface area contributed by atoms with Gasteiger partial charge in [0.1, 0.15) is 0 Å². The van der Waals surface area contributed by atoms with Gasteiger partial charge < -0.3 is 0 Å². The lowest BCUT2D eigenvalue weighted by Gasteiger charge is -1.91. The van der Waals surface area contributed by atoms with E-state index in [-0.39, 0.29) is 0 Å². The van der Waals surface area contributed by atoms with Crippen molar-refractivity contribution in [3.8, 4) is 6.07 Å². The molecule has 0 aliphatic heterocycles. The van der Waals surface area contributed by atoms with Crippen LogP contribution in [0.4, 0.5) is 0 Å². The third kappa shape index (κ3) is 177. The maximum atomic E-state index is 7.51. The molecule has 0 atom stereocenters. The molecule has 0 aromatic heterocycles. The predicted octanol–water partition coefficient (Wildman–Crippen LogP) is 3.25. The van der Waals surface area contributed by atoms with Crippen LogP contribution in [0.3, 0.4) is 0 Å². The minimum atomic E-state index is -1.61. The highest BCUT2D eigenvalue weighted by molar-refractivity contribution is 6.83. The van der Waals surface area contributed by atoms with Crippen LogP contribution < -0.4 is 0 Å². The van der Waals surface area contributed by atoms with Gasteiger partial charge in [0.2, 0.25) is 0 Å². The minimum Gasteiger partial charge on any atom is -0.193 e. The molecule has 5 heteroatoms. The number of nitrogens with zero attached hydrogens (tertiary/aromatic N) is 1. The number of hydrogen-bond donors (Lipinski definition) is 0. The Hall–Kier alpha value is 0.390. The van der Waals surface area contributed by atoms with E-state index in [2.05, 4.69) is 6.58 Å². The summed E-state index contributed by atoms with van der Waals surface area (Å²) in [6, 6.07) is 1.69. The van der Waals surface area contributed by atoms with Crippen LogP contribution in [-0.4, -0.2) is 3.25 Å². The Kier molecular flexibility index (Phi) is 8.75. The van der Waals surface area contributed by atoms with Crippen molar-refractivity contribution in [3.05, 3.63) is 12.7 Å². The summed E-state index contributed by atoms with van der Waals surface area (Å²) in [4.78, 5) is 0. The standard InChI is InChI=1S/C3H3N.CCl4/c1-2-3-4;2-1(3,4)5/h2H,1H2;. The molecule has 0 amide bonds.